The fourth-order valence-electron chi connectivity index (χ4n) is 4.63. The van der Waals surface area contributed by atoms with Crippen molar-refractivity contribution in [3.63, 3.8) is 0 Å². The van der Waals surface area contributed by atoms with Gasteiger partial charge in [-0.25, -0.2) is 19.7 Å². The molecule has 0 spiro atoms. The van der Waals surface area contributed by atoms with Crippen LogP contribution in [0.5, 0.6) is 0 Å². The third kappa shape index (κ3) is 6.79. The van der Waals surface area contributed by atoms with Gasteiger partial charge in [0.2, 0.25) is 5.95 Å². The Balaban J connectivity index is 1.44. The van der Waals surface area contributed by atoms with Crippen LogP contribution in [0.25, 0.3) is 10.6 Å². The van der Waals surface area contributed by atoms with Gasteiger partial charge in [-0.05, 0) is 68.5 Å². The smallest absolute Gasteiger partial charge is 0.357 e. The highest BCUT2D eigenvalue weighted by Gasteiger charge is 2.34. The van der Waals surface area contributed by atoms with E-state index in [2.05, 4.69) is 49.6 Å². The summed E-state index contributed by atoms with van der Waals surface area (Å²) in [6.45, 7) is 7.96. The van der Waals surface area contributed by atoms with E-state index in [0.717, 1.165) is 36.9 Å². The van der Waals surface area contributed by atoms with Crippen LogP contribution in [0.2, 0.25) is 0 Å². The number of halogens is 3. The van der Waals surface area contributed by atoms with Crippen LogP contribution in [0, 0.1) is 18.8 Å². The quantitative estimate of drug-likeness (QED) is 0.313. The minimum Gasteiger partial charge on any atom is -0.357 e. The molecule has 1 saturated heterocycles. The first-order valence-electron chi connectivity index (χ1n) is 12.5. The van der Waals surface area contributed by atoms with Crippen molar-refractivity contribution in [3.8, 4) is 10.6 Å². The van der Waals surface area contributed by atoms with E-state index in [4.69, 9.17) is 0 Å². The molecule has 0 unspecified atom stereocenters. The zero-order chi connectivity index (χ0) is 27.4. The first-order valence-corrected chi connectivity index (χ1v) is 13.3. The second kappa shape index (κ2) is 11.6. The lowest BCUT2D eigenvalue weighted by Crippen LogP contribution is -2.35. The summed E-state index contributed by atoms with van der Waals surface area (Å²) in [4.78, 5) is 28.3. The van der Waals surface area contributed by atoms with Gasteiger partial charge in [0, 0.05) is 25.5 Å². The van der Waals surface area contributed by atoms with Crippen LogP contribution in [-0.4, -0.2) is 46.0 Å². The standard InChI is InChI=1S/C26H32F3N7OS/c1-15(2)17-8-11-36(12-9-17)14-18-5-6-19(13-20(18)26(27,28)29)33-24(37)35-25-32-16(3)22(38-25)21-7-10-31-23(30-4)34-21/h5-7,10,13,15,17H,8-9,11-12,14H2,1-4H3,(H,30,31,34)(H2,32,33,35,37). The number of alkyl halides is 3. The number of urea groups is 1. The number of nitrogens with zero attached hydrogens (tertiary/aromatic N) is 4. The third-order valence-electron chi connectivity index (χ3n) is 6.77. The van der Waals surface area contributed by atoms with Crippen LogP contribution in [0.1, 0.15) is 43.5 Å². The van der Waals surface area contributed by atoms with Crippen molar-refractivity contribution in [2.24, 2.45) is 11.8 Å². The summed E-state index contributed by atoms with van der Waals surface area (Å²) in [6, 6.07) is 5.00. The maximum atomic E-state index is 13.9. The second-order valence-electron chi connectivity index (χ2n) is 9.76. The van der Waals surface area contributed by atoms with Gasteiger partial charge in [-0.3, -0.25) is 10.2 Å². The molecule has 4 rings (SSSR count). The van der Waals surface area contributed by atoms with E-state index < -0.39 is 17.8 Å². The largest absolute Gasteiger partial charge is 0.416 e. The van der Waals surface area contributed by atoms with Crippen molar-refractivity contribution in [2.45, 2.75) is 46.3 Å². The molecule has 3 heterocycles. The van der Waals surface area contributed by atoms with E-state index in [1.807, 2.05) is 0 Å². The molecular weight excluding hydrogens is 515 g/mol. The van der Waals surface area contributed by atoms with Gasteiger partial charge >= 0.3 is 12.2 Å². The summed E-state index contributed by atoms with van der Waals surface area (Å²) in [7, 11) is 1.71. The molecule has 0 aliphatic carbocycles. The van der Waals surface area contributed by atoms with Gasteiger partial charge in [0.25, 0.3) is 0 Å². The summed E-state index contributed by atoms with van der Waals surface area (Å²) in [5.74, 6) is 1.65. The average Bonchev–Trinajstić information content (AvgIpc) is 3.24. The molecule has 0 radical (unpaired) electrons. The highest BCUT2D eigenvalue weighted by molar-refractivity contribution is 7.19. The Kier molecular flexibility index (Phi) is 8.51. The predicted octanol–water partition coefficient (Wildman–Crippen LogP) is 6.48. The second-order valence-corrected chi connectivity index (χ2v) is 10.8. The normalized spacial score (nSPS) is 15.1. The fourth-order valence-corrected chi connectivity index (χ4v) is 5.56. The van der Waals surface area contributed by atoms with E-state index in [0.29, 0.717) is 34.3 Å². The molecule has 3 N–H and O–H groups in total. The number of hydrogen-bond donors (Lipinski definition) is 3. The Bertz CT molecular complexity index is 1270. The number of thiazole rings is 1. The highest BCUT2D eigenvalue weighted by atomic mass is 32.1. The Morgan fingerprint density at radius 3 is 2.55 bits per heavy atom. The Morgan fingerprint density at radius 1 is 1.16 bits per heavy atom. The van der Waals surface area contributed by atoms with Crippen molar-refractivity contribution in [3.05, 3.63) is 47.3 Å². The number of aromatic nitrogens is 3. The number of anilines is 3. The van der Waals surface area contributed by atoms with E-state index in [1.54, 1.807) is 26.2 Å². The average molecular weight is 548 g/mol. The molecule has 8 nitrogen and oxygen atoms in total. The topological polar surface area (TPSA) is 95.1 Å². The number of aryl methyl sites for hydroxylation is 1. The van der Waals surface area contributed by atoms with Crippen LogP contribution in [-0.2, 0) is 12.7 Å². The van der Waals surface area contributed by atoms with Gasteiger partial charge in [0.05, 0.1) is 21.8 Å². The van der Waals surface area contributed by atoms with Crippen molar-refractivity contribution in [2.75, 3.05) is 36.1 Å². The van der Waals surface area contributed by atoms with Crippen LogP contribution < -0.4 is 16.0 Å². The minimum absolute atomic E-state index is 0.0556. The molecule has 204 valence electrons. The molecule has 12 heteroatoms. The molecular formula is C26H32F3N7OS. The molecule has 3 aromatic rings. The lowest BCUT2D eigenvalue weighted by Gasteiger charge is -2.34. The van der Waals surface area contributed by atoms with E-state index in [-0.39, 0.29) is 17.8 Å². The number of rotatable bonds is 7. The zero-order valence-electron chi connectivity index (χ0n) is 21.8. The lowest BCUT2D eigenvalue weighted by molar-refractivity contribution is -0.138. The highest BCUT2D eigenvalue weighted by Crippen LogP contribution is 2.36. The maximum Gasteiger partial charge on any atom is 0.416 e. The van der Waals surface area contributed by atoms with E-state index in [1.165, 1.54) is 23.5 Å². The van der Waals surface area contributed by atoms with Crippen LogP contribution in [0.4, 0.5) is 34.7 Å². The minimum atomic E-state index is -4.54. The van der Waals surface area contributed by atoms with Gasteiger partial charge in [-0.1, -0.05) is 31.3 Å². The zero-order valence-corrected chi connectivity index (χ0v) is 22.6. The third-order valence-corrected chi connectivity index (χ3v) is 7.87. The van der Waals surface area contributed by atoms with Crippen molar-refractivity contribution < 1.29 is 18.0 Å². The van der Waals surface area contributed by atoms with Gasteiger partial charge in [0.15, 0.2) is 5.13 Å². The Labute approximate surface area is 224 Å². The number of carbonyl (C=O) groups excluding carboxylic acids is 1. The Hall–Kier alpha value is -3.25. The summed E-state index contributed by atoms with van der Waals surface area (Å²) >= 11 is 1.22. The number of carbonyl (C=O) groups is 1. The first kappa shape index (κ1) is 27.8. The van der Waals surface area contributed by atoms with Crippen LogP contribution in [0.3, 0.4) is 0 Å². The van der Waals surface area contributed by atoms with Gasteiger partial charge < -0.3 is 10.6 Å². The number of likely N-dealkylation sites (tertiary alicyclic amines) is 1. The lowest BCUT2D eigenvalue weighted by atomic mass is 9.86. The molecule has 1 fully saturated rings. The SMILES string of the molecule is CNc1nccc(-c2sc(NC(=O)Nc3ccc(CN4CCC(C(C)C)CC4)c(C(F)(F)F)c3)nc2C)n1. The van der Waals surface area contributed by atoms with Gasteiger partial charge in [-0.15, -0.1) is 0 Å². The summed E-state index contributed by atoms with van der Waals surface area (Å²) in [5, 5.41) is 8.29. The monoisotopic (exact) mass is 547 g/mol. The Morgan fingerprint density at radius 2 is 1.89 bits per heavy atom. The van der Waals surface area contributed by atoms with Gasteiger partial charge in [-0.2, -0.15) is 13.2 Å². The first-order chi connectivity index (χ1) is 18.0. The molecule has 2 aromatic heterocycles. The van der Waals surface area contributed by atoms with E-state index in [9.17, 15) is 18.0 Å². The van der Waals surface area contributed by atoms with Crippen LogP contribution >= 0.6 is 11.3 Å². The number of benzene rings is 1. The fraction of sp³-hybridized carbons (Fsp3) is 0.462. The predicted molar refractivity (Wildman–Crippen MR) is 144 cm³/mol. The molecule has 1 aromatic carbocycles. The molecule has 0 bridgehead atoms. The number of amides is 2. The summed E-state index contributed by atoms with van der Waals surface area (Å²) < 4.78 is 41.8. The summed E-state index contributed by atoms with van der Waals surface area (Å²) in [5.41, 5.74) is 0.828. The van der Waals surface area contributed by atoms with Crippen molar-refractivity contribution in [1.82, 2.24) is 19.9 Å². The molecule has 1 aliphatic rings. The van der Waals surface area contributed by atoms with Crippen molar-refractivity contribution >= 4 is 34.1 Å². The number of nitrogens with one attached hydrogen (secondary N) is 3. The molecule has 0 atom stereocenters. The molecule has 38 heavy (non-hydrogen) atoms. The molecule has 1 aliphatic heterocycles. The van der Waals surface area contributed by atoms with Crippen molar-refractivity contribution in [1.29, 1.82) is 0 Å². The van der Waals surface area contributed by atoms with Crippen LogP contribution in [0.15, 0.2) is 30.5 Å². The summed E-state index contributed by atoms with van der Waals surface area (Å²) in [6.07, 6.45) is -0.942. The molecule has 2 amide bonds. The number of hydrogen-bond acceptors (Lipinski definition) is 7. The van der Waals surface area contributed by atoms with Gasteiger partial charge in [0.1, 0.15) is 0 Å². The maximum absolute atomic E-state index is 13.9. The van der Waals surface area contributed by atoms with E-state index >= 15 is 0 Å². The molecule has 0 saturated carbocycles. The number of piperidine rings is 1.